The number of rotatable bonds is 8. The number of methoxy groups -OCH3 is 1. The summed E-state index contributed by atoms with van der Waals surface area (Å²) in [5, 5.41) is 3.93. The summed E-state index contributed by atoms with van der Waals surface area (Å²) in [5.74, 6) is 0.956. The second kappa shape index (κ2) is 13.2. The molecule has 0 radical (unpaired) electrons. The molecule has 0 saturated heterocycles. The third-order valence-corrected chi connectivity index (χ3v) is 9.00. The Labute approximate surface area is 273 Å². The lowest BCUT2D eigenvalue weighted by Crippen LogP contribution is -2.40. The number of fused-ring (bicyclic) bond motifs is 1. The maximum Gasteiger partial charge on any atom is 0.271 e. The monoisotopic (exact) mass is 655 g/mol. The fraction of sp³-hybridized carbons (Fsp3) is 0.114. The molecule has 10 heteroatoms. The van der Waals surface area contributed by atoms with Crippen molar-refractivity contribution in [3.63, 3.8) is 0 Å². The van der Waals surface area contributed by atoms with Crippen LogP contribution in [0.4, 0.5) is 5.69 Å². The number of para-hydroxylation sites is 1. The molecule has 0 bridgehead atoms. The fourth-order valence-corrected chi connectivity index (χ4v) is 6.43. The largest absolute Gasteiger partial charge is 0.497 e. The average Bonchev–Trinajstić information content (AvgIpc) is 3.35. The number of carbonyl (C=O) groups is 1. The van der Waals surface area contributed by atoms with E-state index >= 15 is 0 Å². The van der Waals surface area contributed by atoms with Gasteiger partial charge in [0.25, 0.3) is 11.5 Å². The van der Waals surface area contributed by atoms with Gasteiger partial charge in [0.05, 0.1) is 39.0 Å². The number of aromatic nitrogens is 1. The summed E-state index contributed by atoms with van der Waals surface area (Å²) >= 11 is 13.4. The summed E-state index contributed by atoms with van der Waals surface area (Å²) in [7, 11) is 1.58. The lowest BCUT2D eigenvalue weighted by molar-refractivity contribution is -0.113. The first-order valence-corrected chi connectivity index (χ1v) is 15.6. The number of anilines is 1. The van der Waals surface area contributed by atoms with Crippen molar-refractivity contribution in [2.24, 2.45) is 4.99 Å². The Morgan fingerprint density at radius 3 is 2.47 bits per heavy atom. The zero-order chi connectivity index (χ0) is 31.5. The molecule has 6 rings (SSSR count). The maximum atomic E-state index is 14.0. The van der Waals surface area contributed by atoms with Crippen LogP contribution in [0.1, 0.15) is 29.7 Å². The van der Waals surface area contributed by atoms with E-state index in [2.05, 4.69) is 5.32 Å². The van der Waals surface area contributed by atoms with Crippen LogP contribution >= 0.6 is 34.5 Å². The maximum absolute atomic E-state index is 14.0. The molecule has 1 aliphatic rings. The van der Waals surface area contributed by atoms with E-state index in [9.17, 15) is 9.59 Å². The minimum atomic E-state index is -0.709. The molecule has 45 heavy (non-hydrogen) atoms. The van der Waals surface area contributed by atoms with Crippen molar-refractivity contribution in [2.45, 2.75) is 19.6 Å². The van der Waals surface area contributed by atoms with Crippen molar-refractivity contribution in [1.82, 2.24) is 4.57 Å². The highest BCUT2D eigenvalue weighted by Crippen LogP contribution is 2.32. The lowest BCUT2D eigenvalue weighted by Gasteiger charge is -2.25. The first-order valence-electron chi connectivity index (χ1n) is 14.0. The summed E-state index contributed by atoms with van der Waals surface area (Å²) in [4.78, 5) is 33.0. The third kappa shape index (κ3) is 6.59. The van der Waals surface area contributed by atoms with E-state index in [1.165, 1.54) is 11.3 Å². The number of halogens is 2. The summed E-state index contributed by atoms with van der Waals surface area (Å²) in [6, 6.07) is 28.7. The molecule has 0 aliphatic carbocycles. The van der Waals surface area contributed by atoms with Gasteiger partial charge in [-0.2, -0.15) is 0 Å². The second-order valence-corrected chi connectivity index (χ2v) is 12.1. The van der Waals surface area contributed by atoms with Gasteiger partial charge in [-0.15, -0.1) is 0 Å². The highest BCUT2D eigenvalue weighted by atomic mass is 35.5. The van der Waals surface area contributed by atoms with E-state index in [4.69, 9.17) is 37.7 Å². The topological polar surface area (TPSA) is 81.9 Å². The number of nitrogens with zero attached hydrogens (tertiary/aromatic N) is 2. The highest BCUT2D eigenvalue weighted by Gasteiger charge is 2.32. The van der Waals surface area contributed by atoms with Crippen LogP contribution in [0.3, 0.4) is 0 Å². The molecular formula is C35H27Cl2N3O4S. The van der Waals surface area contributed by atoms with Gasteiger partial charge in [-0.3, -0.25) is 14.2 Å². The van der Waals surface area contributed by atoms with Gasteiger partial charge in [0, 0.05) is 5.69 Å². The van der Waals surface area contributed by atoms with Crippen molar-refractivity contribution in [3.8, 4) is 11.5 Å². The first kappa shape index (κ1) is 30.4. The normalized spacial score (nSPS) is 14.5. The average molecular weight is 657 g/mol. The van der Waals surface area contributed by atoms with Crippen molar-refractivity contribution >= 4 is 52.2 Å². The van der Waals surface area contributed by atoms with Crippen LogP contribution in [0.25, 0.3) is 6.08 Å². The molecule has 226 valence electrons. The molecule has 1 amide bonds. The molecule has 2 heterocycles. The van der Waals surface area contributed by atoms with Gasteiger partial charge >= 0.3 is 0 Å². The fourth-order valence-electron chi connectivity index (χ4n) is 5.07. The molecule has 4 aromatic carbocycles. The predicted molar refractivity (Wildman–Crippen MR) is 179 cm³/mol. The van der Waals surface area contributed by atoms with Gasteiger partial charge in [0.2, 0.25) is 0 Å². The minimum Gasteiger partial charge on any atom is -0.497 e. The number of allylic oxidation sites excluding steroid dienone is 1. The van der Waals surface area contributed by atoms with E-state index < -0.39 is 6.04 Å². The molecular weight excluding hydrogens is 629 g/mol. The molecule has 1 atom stereocenters. The smallest absolute Gasteiger partial charge is 0.271 e. The molecule has 0 fully saturated rings. The van der Waals surface area contributed by atoms with E-state index in [0.717, 1.165) is 16.7 Å². The van der Waals surface area contributed by atoms with Gasteiger partial charge < -0.3 is 14.8 Å². The van der Waals surface area contributed by atoms with Crippen molar-refractivity contribution < 1.29 is 14.3 Å². The Bertz CT molecular complexity index is 2110. The third-order valence-electron chi connectivity index (χ3n) is 7.27. The zero-order valence-corrected chi connectivity index (χ0v) is 26.6. The first-order chi connectivity index (χ1) is 21.8. The van der Waals surface area contributed by atoms with Gasteiger partial charge in [-0.25, -0.2) is 4.99 Å². The molecule has 1 N–H and O–H groups in total. The van der Waals surface area contributed by atoms with Crippen LogP contribution in [0.15, 0.2) is 118 Å². The lowest BCUT2D eigenvalue weighted by atomic mass is 9.95. The summed E-state index contributed by atoms with van der Waals surface area (Å²) in [5.41, 5.74) is 3.77. The number of thiazole rings is 1. The number of benzene rings is 4. The number of amides is 1. The van der Waals surface area contributed by atoms with E-state index in [1.807, 2.05) is 91.0 Å². The Morgan fingerprint density at radius 1 is 0.956 bits per heavy atom. The second-order valence-electron chi connectivity index (χ2n) is 10.3. The molecule has 7 nitrogen and oxygen atoms in total. The van der Waals surface area contributed by atoms with Crippen molar-refractivity contribution in [3.05, 3.63) is 155 Å². The Hall–Kier alpha value is -4.63. The van der Waals surface area contributed by atoms with Gasteiger partial charge in [-0.1, -0.05) is 83.1 Å². The molecule has 1 aliphatic heterocycles. The minimum absolute atomic E-state index is 0.246. The standard InChI is InChI=1S/C35H27Cl2N3O4S/c1-21-31(33(41)39-25-8-4-3-5-9-25)32(24-7-6-10-27(19-24)43-2)40-34(42)30(45-35(40)38-21)18-22-11-14-26(15-12-22)44-20-23-13-16-28(36)29(37)17-23/h3-19,32H,20H2,1-2H3,(H,39,41)/b30-18+/t32-/m0/s1. The van der Waals surface area contributed by atoms with Crippen molar-refractivity contribution in [2.75, 3.05) is 12.4 Å². The van der Waals surface area contributed by atoms with E-state index in [1.54, 1.807) is 30.7 Å². The predicted octanol–water partition coefficient (Wildman–Crippen LogP) is 6.77. The molecule has 0 unspecified atom stereocenters. The number of nitrogens with one attached hydrogen (secondary N) is 1. The number of ether oxygens (including phenoxy) is 2. The van der Waals surface area contributed by atoms with Crippen molar-refractivity contribution in [1.29, 1.82) is 0 Å². The van der Waals surface area contributed by atoms with Crippen LogP contribution in [0.5, 0.6) is 11.5 Å². The quantitative estimate of drug-likeness (QED) is 0.200. The Kier molecular flexibility index (Phi) is 8.89. The Balaban J connectivity index is 1.34. The van der Waals surface area contributed by atoms with Gasteiger partial charge in [0.15, 0.2) is 4.80 Å². The SMILES string of the molecule is COc1cccc([C@H]2C(C(=O)Nc3ccccc3)=C(C)N=c3s/c(=C/c4ccc(OCc5ccc(Cl)c(Cl)c5)cc4)c(=O)n32)c1. The zero-order valence-electron chi connectivity index (χ0n) is 24.3. The van der Waals surface area contributed by atoms with Crippen LogP contribution < -0.4 is 29.7 Å². The van der Waals surface area contributed by atoms with E-state index in [0.29, 0.717) is 54.4 Å². The van der Waals surface area contributed by atoms with Gasteiger partial charge in [0.1, 0.15) is 18.1 Å². The van der Waals surface area contributed by atoms with Crippen LogP contribution in [0, 0.1) is 0 Å². The molecule has 0 spiro atoms. The number of carbonyl (C=O) groups excluding carboxylic acids is 1. The summed E-state index contributed by atoms with van der Waals surface area (Å²) in [6.07, 6.45) is 1.82. The number of hydrogen-bond donors (Lipinski definition) is 1. The van der Waals surface area contributed by atoms with Gasteiger partial charge in [-0.05, 0) is 78.2 Å². The van der Waals surface area contributed by atoms with Crippen LogP contribution in [-0.4, -0.2) is 17.6 Å². The highest BCUT2D eigenvalue weighted by molar-refractivity contribution is 7.07. The molecule has 5 aromatic rings. The molecule has 0 saturated carbocycles. The van der Waals surface area contributed by atoms with Crippen LogP contribution in [-0.2, 0) is 11.4 Å². The molecule has 1 aromatic heterocycles. The van der Waals surface area contributed by atoms with Crippen LogP contribution in [0.2, 0.25) is 10.0 Å². The Morgan fingerprint density at radius 2 is 1.73 bits per heavy atom. The summed E-state index contributed by atoms with van der Waals surface area (Å²) in [6.45, 7) is 2.12. The number of hydrogen-bond acceptors (Lipinski definition) is 6. The van der Waals surface area contributed by atoms with E-state index in [-0.39, 0.29) is 11.5 Å². The summed E-state index contributed by atoms with van der Waals surface area (Å²) < 4.78 is 13.5.